The van der Waals surface area contributed by atoms with Crippen LogP contribution in [0.25, 0.3) is 11.1 Å². The average molecular weight is 347 g/mol. The largest absolute Gasteiger partial charge is 0.429 e. The summed E-state index contributed by atoms with van der Waals surface area (Å²) in [7, 11) is 0. The Morgan fingerprint density at radius 1 is 1.46 bits per heavy atom. The van der Waals surface area contributed by atoms with Crippen molar-refractivity contribution in [1.29, 1.82) is 0 Å². The summed E-state index contributed by atoms with van der Waals surface area (Å²) in [5, 5.41) is 3.02. The van der Waals surface area contributed by atoms with Gasteiger partial charge < -0.3 is 19.6 Å². The highest BCUT2D eigenvalue weighted by Gasteiger charge is 2.25. The fourth-order valence-electron chi connectivity index (χ4n) is 3.07. The lowest BCUT2D eigenvalue weighted by atomic mass is 10.0. The van der Waals surface area contributed by atoms with Crippen LogP contribution in [-0.4, -0.2) is 40.8 Å². The third kappa shape index (κ3) is 3.67. The van der Waals surface area contributed by atoms with Crippen LogP contribution >= 0.6 is 12.2 Å². The van der Waals surface area contributed by atoms with Crippen LogP contribution in [0.5, 0.6) is 0 Å². The van der Waals surface area contributed by atoms with E-state index in [4.69, 9.17) is 16.6 Å². The molecule has 1 fully saturated rings. The number of nitrogens with one attached hydrogen (secondary N) is 2. The first-order valence-electron chi connectivity index (χ1n) is 8.28. The highest BCUT2D eigenvalue weighted by molar-refractivity contribution is 7.71. The number of oxazole rings is 1. The van der Waals surface area contributed by atoms with Crippen molar-refractivity contribution in [2.45, 2.75) is 38.6 Å². The summed E-state index contributed by atoms with van der Waals surface area (Å²) in [6, 6.07) is 5.31. The topological polar surface area (TPSA) is 78.3 Å². The molecule has 1 aromatic carbocycles. The zero-order chi connectivity index (χ0) is 17.1. The fourth-order valence-corrected chi connectivity index (χ4v) is 3.27. The number of hydrogen-bond acceptors (Lipinski definition) is 4. The summed E-state index contributed by atoms with van der Waals surface area (Å²) >= 11 is 4.97. The van der Waals surface area contributed by atoms with E-state index in [1.165, 1.54) is 0 Å². The summed E-state index contributed by atoms with van der Waals surface area (Å²) in [6.45, 7) is 3.23. The van der Waals surface area contributed by atoms with Gasteiger partial charge in [-0.3, -0.25) is 9.59 Å². The van der Waals surface area contributed by atoms with Crippen LogP contribution in [0.2, 0.25) is 0 Å². The highest BCUT2D eigenvalue weighted by Crippen LogP contribution is 2.19. The lowest BCUT2D eigenvalue weighted by molar-refractivity contribution is -0.122. The first-order valence-corrected chi connectivity index (χ1v) is 8.69. The Kier molecular flexibility index (Phi) is 4.99. The van der Waals surface area contributed by atoms with Crippen LogP contribution in [-0.2, 0) is 4.79 Å². The van der Waals surface area contributed by atoms with Crippen molar-refractivity contribution >= 4 is 35.1 Å². The van der Waals surface area contributed by atoms with Gasteiger partial charge in [0, 0.05) is 31.1 Å². The molecule has 2 aromatic rings. The molecule has 1 atom stereocenters. The normalized spacial score (nSPS) is 17.9. The molecule has 1 aliphatic heterocycles. The van der Waals surface area contributed by atoms with Crippen molar-refractivity contribution in [3.63, 3.8) is 0 Å². The van der Waals surface area contributed by atoms with E-state index >= 15 is 0 Å². The Labute approximate surface area is 145 Å². The third-order valence-electron chi connectivity index (χ3n) is 4.22. The van der Waals surface area contributed by atoms with Gasteiger partial charge in [-0.05, 0) is 49.7 Å². The summed E-state index contributed by atoms with van der Waals surface area (Å²) in [6.07, 6.45) is 3.15. The minimum Gasteiger partial charge on any atom is -0.429 e. The Morgan fingerprint density at radius 2 is 2.29 bits per heavy atom. The summed E-state index contributed by atoms with van der Waals surface area (Å²) in [5.74, 6) is 0.0102. The number of fused-ring (bicyclic) bond motifs is 1. The lowest BCUT2D eigenvalue weighted by Crippen LogP contribution is -2.49. The predicted molar refractivity (Wildman–Crippen MR) is 93.4 cm³/mol. The second-order valence-electron chi connectivity index (χ2n) is 6.13. The van der Waals surface area contributed by atoms with E-state index in [0.29, 0.717) is 35.5 Å². The number of aromatic amines is 1. The zero-order valence-corrected chi connectivity index (χ0v) is 14.4. The number of H-pyrrole nitrogens is 1. The first kappa shape index (κ1) is 16.7. The summed E-state index contributed by atoms with van der Waals surface area (Å²) in [5.41, 5.74) is 1.93. The minimum atomic E-state index is -0.0475. The monoisotopic (exact) mass is 347 g/mol. The van der Waals surface area contributed by atoms with Gasteiger partial charge >= 0.3 is 0 Å². The van der Waals surface area contributed by atoms with Crippen LogP contribution in [0, 0.1) is 4.84 Å². The van der Waals surface area contributed by atoms with E-state index in [-0.39, 0.29) is 17.9 Å². The smallest absolute Gasteiger partial charge is 0.266 e. The molecule has 3 rings (SSSR count). The zero-order valence-electron chi connectivity index (χ0n) is 13.6. The molecule has 1 aliphatic rings. The van der Waals surface area contributed by atoms with E-state index in [9.17, 15) is 9.59 Å². The van der Waals surface area contributed by atoms with Gasteiger partial charge in [0.05, 0.1) is 5.52 Å². The Balaban J connectivity index is 1.70. The highest BCUT2D eigenvalue weighted by atomic mass is 32.1. The second kappa shape index (κ2) is 7.17. The van der Waals surface area contributed by atoms with Gasteiger partial charge in [0.2, 0.25) is 5.91 Å². The van der Waals surface area contributed by atoms with Gasteiger partial charge in [-0.1, -0.05) is 6.92 Å². The number of carbonyl (C=O) groups excluding carboxylic acids is 2. The van der Waals surface area contributed by atoms with Crippen molar-refractivity contribution in [1.82, 2.24) is 15.2 Å². The molecular weight excluding hydrogens is 326 g/mol. The number of nitrogens with zero attached hydrogens (tertiary/aromatic N) is 1. The number of benzene rings is 1. The van der Waals surface area contributed by atoms with E-state index in [0.717, 1.165) is 24.8 Å². The van der Waals surface area contributed by atoms with E-state index in [2.05, 4.69) is 10.3 Å². The number of piperidine rings is 1. The number of likely N-dealkylation sites (tertiary alicyclic amines) is 1. The van der Waals surface area contributed by atoms with E-state index < -0.39 is 0 Å². The maximum Gasteiger partial charge on any atom is 0.266 e. The molecule has 0 unspecified atom stereocenters. The van der Waals surface area contributed by atoms with Gasteiger partial charge in [-0.25, -0.2) is 0 Å². The van der Waals surface area contributed by atoms with Crippen LogP contribution in [0.4, 0.5) is 0 Å². The van der Waals surface area contributed by atoms with Gasteiger partial charge in [0.1, 0.15) is 0 Å². The minimum absolute atomic E-state index is 0.0293. The quantitative estimate of drug-likeness (QED) is 0.834. The van der Waals surface area contributed by atoms with E-state index in [1.807, 2.05) is 6.92 Å². The second-order valence-corrected chi connectivity index (χ2v) is 6.50. The number of amides is 2. The molecule has 128 valence electrons. The van der Waals surface area contributed by atoms with Crippen LogP contribution in [0.3, 0.4) is 0 Å². The van der Waals surface area contributed by atoms with Crippen molar-refractivity contribution in [2.75, 3.05) is 13.1 Å². The summed E-state index contributed by atoms with van der Waals surface area (Å²) < 4.78 is 5.38. The molecule has 0 spiro atoms. The molecule has 0 bridgehead atoms. The van der Waals surface area contributed by atoms with Gasteiger partial charge in [-0.2, -0.15) is 0 Å². The molecule has 6 nitrogen and oxygen atoms in total. The number of aromatic nitrogens is 1. The maximum atomic E-state index is 12.7. The van der Waals surface area contributed by atoms with Crippen LogP contribution in [0.1, 0.15) is 43.0 Å². The number of carbonyl (C=O) groups is 2. The molecule has 0 radical (unpaired) electrons. The maximum absolute atomic E-state index is 12.7. The molecule has 0 saturated carbocycles. The Morgan fingerprint density at radius 3 is 3.08 bits per heavy atom. The van der Waals surface area contributed by atoms with Crippen LogP contribution < -0.4 is 5.32 Å². The van der Waals surface area contributed by atoms with Gasteiger partial charge in [-0.15, -0.1) is 0 Å². The fraction of sp³-hybridized carbons (Fsp3) is 0.471. The Bertz CT molecular complexity index is 811. The lowest BCUT2D eigenvalue weighted by Gasteiger charge is -2.33. The molecule has 7 heteroatoms. The van der Waals surface area contributed by atoms with Crippen molar-refractivity contribution < 1.29 is 14.0 Å². The summed E-state index contributed by atoms with van der Waals surface area (Å²) in [4.78, 5) is 29.5. The van der Waals surface area contributed by atoms with Crippen molar-refractivity contribution in [3.05, 3.63) is 28.6 Å². The molecule has 2 heterocycles. The molecular formula is C17H21N3O3S. The number of rotatable bonds is 4. The predicted octanol–water partition coefficient (Wildman–Crippen LogP) is 3.01. The number of hydrogen-bond donors (Lipinski definition) is 2. The van der Waals surface area contributed by atoms with Crippen molar-refractivity contribution in [3.8, 4) is 0 Å². The third-order valence-corrected chi connectivity index (χ3v) is 4.40. The molecule has 0 aliphatic carbocycles. The molecule has 24 heavy (non-hydrogen) atoms. The molecule has 1 saturated heterocycles. The van der Waals surface area contributed by atoms with Crippen molar-refractivity contribution in [2.24, 2.45) is 0 Å². The average Bonchev–Trinajstić information content (AvgIpc) is 2.93. The SMILES string of the molecule is CCCC(=O)N[C@H]1CCCN(C(=O)c2ccc3[nH]c(=S)oc3c2)C1. The molecule has 1 aromatic heterocycles. The van der Waals surface area contributed by atoms with E-state index in [1.54, 1.807) is 23.1 Å². The standard InChI is InChI=1S/C17H21N3O3S/c1-2-4-15(21)18-12-5-3-8-20(10-12)16(22)11-6-7-13-14(9-11)23-17(24)19-13/h6-7,9,12H,2-5,8,10H2,1H3,(H,18,21)(H,19,24)/t12-/m0/s1. The van der Waals surface area contributed by atoms with Gasteiger partial charge in [0.15, 0.2) is 5.58 Å². The van der Waals surface area contributed by atoms with Gasteiger partial charge in [0.25, 0.3) is 10.7 Å². The van der Waals surface area contributed by atoms with Crippen LogP contribution in [0.15, 0.2) is 22.6 Å². The molecule has 2 N–H and O–H groups in total. The Hall–Kier alpha value is -2.15. The first-order chi connectivity index (χ1) is 11.6. The molecule has 2 amide bonds.